The summed E-state index contributed by atoms with van der Waals surface area (Å²) in [7, 11) is 0. The number of hydrogen-bond donors (Lipinski definition) is 0. The van der Waals surface area contributed by atoms with Gasteiger partial charge in [-0.05, 0) is 86.6 Å². The van der Waals surface area contributed by atoms with E-state index >= 15 is 0 Å². The number of benzene rings is 10. The second-order valence-electron chi connectivity index (χ2n) is 15.6. The predicted molar refractivity (Wildman–Crippen MR) is 256 cm³/mol. The molecule has 62 heavy (non-hydrogen) atoms. The van der Waals surface area contributed by atoms with Crippen molar-refractivity contribution in [3.8, 4) is 45.3 Å². The maximum Gasteiger partial charge on any atom is 0.164 e. The molecule has 0 aliphatic carbocycles. The molecule has 12 aromatic rings. The molecule has 0 unspecified atom stereocenters. The molecule has 0 fully saturated rings. The smallest absolute Gasteiger partial charge is 0.164 e. The highest BCUT2D eigenvalue weighted by Crippen LogP contribution is 2.48. The van der Waals surface area contributed by atoms with Gasteiger partial charge in [-0.3, -0.25) is 0 Å². The maximum absolute atomic E-state index is 7.08. The van der Waals surface area contributed by atoms with Crippen LogP contribution in [-0.2, 0) is 0 Å². The number of anilines is 3. The van der Waals surface area contributed by atoms with Crippen molar-refractivity contribution in [3.05, 3.63) is 218 Å². The number of furan rings is 1. The van der Waals surface area contributed by atoms with E-state index in [9.17, 15) is 0 Å². The molecule has 5 nitrogen and oxygen atoms in total. The van der Waals surface area contributed by atoms with Crippen molar-refractivity contribution < 1.29 is 4.42 Å². The van der Waals surface area contributed by atoms with Crippen LogP contribution in [0.3, 0.4) is 0 Å². The van der Waals surface area contributed by atoms with E-state index in [0.717, 1.165) is 93.6 Å². The molecule has 0 saturated heterocycles. The Hall–Kier alpha value is -8.41. The molecule has 0 spiro atoms. The zero-order chi connectivity index (χ0) is 41.0. The Morgan fingerprint density at radius 3 is 1.52 bits per heavy atom. The highest BCUT2D eigenvalue weighted by atomic mass is 16.3. The van der Waals surface area contributed by atoms with E-state index in [1.54, 1.807) is 0 Å². The SMILES string of the molecule is c1ccc(-c2ccc(N(c3ccccc3)c3c4ccccc4cc4c3oc3cccc(-c5nc(-c6ccc7ccccc7c6)nc(-c6ccc7ccccc7c6)n5)c34)cc2)cc1. The minimum atomic E-state index is 0.575. The molecule has 0 saturated carbocycles. The number of aromatic nitrogens is 3. The van der Waals surface area contributed by atoms with Crippen molar-refractivity contribution in [1.29, 1.82) is 0 Å². The van der Waals surface area contributed by atoms with Crippen LogP contribution >= 0.6 is 0 Å². The number of hydrogen-bond acceptors (Lipinski definition) is 5. The Morgan fingerprint density at radius 1 is 0.339 bits per heavy atom. The van der Waals surface area contributed by atoms with Crippen molar-refractivity contribution in [2.24, 2.45) is 0 Å². The van der Waals surface area contributed by atoms with E-state index in [4.69, 9.17) is 19.4 Å². The van der Waals surface area contributed by atoms with Crippen LogP contribution in [0.4, 0.5) is 17.1 Å². The van der Waals surface area contributed by atoms with Crippen LogP contribution in [0.1, 0.15) is 0 Å². The number of nitrogens with zero attached hydrogens (tertiary/aromatic N) is 4. The van der Waals surface area contributed by atoms with Gasteiger partial charge < -0.3 is 9.32 Å². The summed E-state index contributed by atoms with van der Waals surface area (Å²) >= 11 is 0. The fourth-order valence-electron chi connectivity index (χ4n) is 8.84. The predicted octanol–water partition coefficient (Wildman–Crippen LogP) is 15.4. The molecular formula is C57H36N4O. The Morgan fingerprint density at radius 2 is 0.855 bits per heavy atom. The lowest BCUT2D eigenvalue weighted by molar-refractivity contribution is 0.669. The molecule has 2 heterocycles. The fourth-order valence-corrected chi connectivity index (χ4v) is 8.84. The molecule has 0 bridgehead atoms. The number of rotatable bonds is 7. The third-order valence-corrected chi connectivity index (χ3v) is 11.8. The van der Waals surface area contributed by atoms with Crippen LogP contribution < -0.4 is 4.90 Å². The fraction of sp³-hybridized carbons (Fsp3) is 0. The Bertz CT molecular complexity index is 3540. The van der Waals surface area contributed by atoms with Crippen LogP contribution in [0.5, 0.6) is 0 Å². The maximum atomic E-state index is 7.08. The van der Waals surface area contributed by atoms with Gasteiger partial charge in [-0.25, -0.2) is 15.0 Å². The molecule has 5 heteroatoms. The minimum absolute atomic E-state index is 0.575. The lowest BCUT2D eigenvalue weighted by Gasteiger charge is -2.27. The molecule has 0 atom stereocenters. The summed E-state index contributed by atoms with van der Waals surface area (Å²) in [5.74, 6) is 1.79. The largest absolute Gasteiger partial charge is 0.454 e. The van der Waals surface area contributed by atoms with Crippen molar-refractivity contribution in [3.63, 3.8) is 0 Å². The van der Waals surface area contributed by atoms with Gasteiger partial charge in [0.1, 0.15) is 5.58 Å². The second kappa shape index (κ2) is 14.7. The van der Waals surface area contributed by atoms with Crippen LogP contribution in [0, 0.1) is 0 Å². The van der Waals surface area contributed by atoms with Crippen LogP contribution in [0.15, 0.2) is 223 Å². The average Bonchev–Trinajstić information content (AvgIpc) is 3.72. The third kappa shape index (κ3) is 6.14. The van der Waals surface area contributed by atoms with E-state index < -0.39 is 0 Å². The van der Waals surface area contributed by atoms with E-state index in [1.807, 2.05) is 18.2 Å². The van der Waals surface area contributed by atoms with Gasteiger partial charge in [0, 0.05) is 44.2 Å². The van der Waals surface area contributed by atoms with Crippen LogP contribution in [-0.4, -0.2) is 15.0 Å². The zero-order valence-electron chi connectivity index (χ0n) is 33.5. The minimum Gasteiger partial charge on any atom is -0.454 e. The normalized spacial score (nSPS) is 11.5. The van der Waals surface area contributed by atoms with E-state index in [2.05, 4.69) is 205 Å². The highest BCUT2D eigenvalue weighted by molar-refractivity contribution is 6.22. The van der Waals surface area contributed by atoms with Crippen molar-refractivity contribution in [2.45, 2.75) is 0 Å². The topological polar surface area (TPSA) is 55.1 Å². The van der Waals surface area contributed by atoms with Gasteiger partial charge >= 0.3 is 0 Å². The first kappa shape index (κ1) is 35.5. The first-order chi connectivity index (χ1) is 30.7. The summed E-state index contributed by atoms with van der Waals surface area (Å²) in [5.41, 5.74) is 9.57. The van der Waals surface area contributed by atoms with Crippen molar-refractivity contribution >= 4 is 71.3 Å². The van der Waals surface area contributed by atoms with E-state index in [-0.39, 0.29) is 0 Å². The number of fused-ring (bicyclic) bond motifs is 6. The summed E-state index contributed by atoms with van der Waals surface area (Å²) in [6.45, 7) is 0. The van der Waals surface area contributed by atoms with Crippen molar-refractivity contribution in [1.82, 2.24) is 15.0 Å². The summed E-state index contributed by atoms with van der Waals surface area (Å²) in [5, 5.41) is 8.67. The van der Waals surface area contributed by atoms with Crippen LogP contribution in [0.2, 0.25) is 0 Å². The van der Waals surface area contributed by atoms with E-state index in [1.165, 1.54) is 5.56 Å². The Kier molecular flexibility index (Phi) is 8.42. The Labute approximate surface area is 357 Å². The molecule has 0 aliphatic rings. The first-order valence-corrected chi connectivity index (χ1v) is 20.8. The van der Waals surface area contributed by atoms with Gasteiger partial charge in [0.05, 0.1) is 5.69 Å². The molecule has 2 aromatic heterocycles. The lowest BCUT2D eigenvalue weighted by atomic mass is 9.99. The van der Waals surface area contributed by atoms with Gasteiger partial charge in [0.15, 0.2) is 23.1 Å². The molecule has 0 radical (unpaired) electrons. The first-order valence-electron chi connectivity index (χ1n) is 20.8. The summed E-state index contributed by atoms with van der Waals surface area (Å²) in [6, 6.07) is 76.3. The lowest BCUT2D eigenvalue weighted by Crippen LogP contribution is -2.10. The van der Waals surface area contributed by atoms with E-state index in [0.29, 0.717) is 17.5 Å². The molecule has 0 aliphatic heterocycles. The Balaban J connectivity index is 1.10. The van der Waals surface area contributed by atoms with Crippen LogP contribution in [0.25, 0.3) is 99.5 Å². The summed E-state index contributed by atoms with van der Waals surface area (Å²) in [4.78, 5) is 18.0. The average molecular weight is 793 g/mol. The number of para-hydroxylation sites is 1. The molecule has 10 aromatic carbocycles. The molecular weight excluding hydrogens is 757 g/mol. The summed E-state index contributed by atoms with van der Waals surface area (Å²) in [6.07, 6.45) is 0. The standard InChI is InChI=1S/C57H36N4O/c1-3-14-37(15-4-1)40-30-32-47(33-31-40)61(46-21-5-2-6-22-46)53-48-23-12-11-20-43(48)36-50-52-49(24-13-25-51(52)62-54(50)53)57-59-55(44-28-26-38-16-7-9-18-41(38)34-44)58-56(60-57)45-29-27-39-17-8-10-19-42(39)35-45/h1-36H. The van der Waals surface area contributed by atoms with Gasteiger partial charge in [-0.15, -0.1) is 0 Å². The third-order valence-electron chi connectivity index (χ3n) is 11.8. The molecule has 0 N–H and O–H groups in total. The van der Waals surface area contributed by atoms with Gasteiger partial charge in [-0.1, -0.05) is 170 Å². The molecule has 290 valence electrons. The molecule has 12 rings (SSSR count). The molecule has 0 amide bonds. The quantitative estimate of drug-likeness (QED) is 0.161. The highest BCUT2D eigenvalue weighted by Gasteiger charge is 2.25. The second-order valence-corrected chi connectivity index (χ2v) is 15.6. The zero-order valence-corrected chi connectivity index (χ0v) is 33.5. The monoisotopic (exact) mass is 792 g/mol. The van der Waals surface area contributed by atoms with Gasteiger partial charge in [0.25, 0.3) is 0 Å². The van der Waals surface area contributed by atoms with Gasteiger partial charge in [-0.2, -0.15) is 0 Å². The van der Waals surface area contributed by atoms with Gasteiger partial charge in [0.2, 0.25) is 0 Å². The van der Waals surface area contributed by atoms with Crippen molar-refractivity contribution in [2.75, 3.05) is 4.90 Å². The summed E-state index contributed by atoms with van der Waals surface area (Å²) < 4.78 is 7.08.